The Morgan fingerprint density at radius 2 is 1.77 bits per heavy atom. The van der Waals surface area contributed by atoms with Crippen molar-refractivity contribution in [2.75, 3.05) is 0 Å². The first-order chi connectivity index (χ1) is 12.7. The van der Waals surface area contributed by atoms with Crippen molar-refractivity contribution in [1.82, 2.24) is 0 Å². The fourth-order valence-electron chi connectivity index (χ4n) is 5.16. The second-order valence-electron chi connectivity index (χ2n) is 8.03. The highest BCUT2D eigenvalue weighted by Crippen LogP contribution is 2.39. The van der Waals surface area contributed by atoms with Gasteiger partial charge in [-0.1, -0.05) is 54.7 Å². The summed E-state index contributed by atoms with van der Waals surface area (Å²) in [6.45, 7) is 4.63. The van der Waals surface area contributed by atoms with Crippen molar-refractivity contribution in [3.63, 3.8) is 0 Å². The zero-order valence-corrected chi connectivity index (χ0v) is 15.8. The molecule has 0 radical (unpaired) electrons. The van der Waals surface area contributed by atoms with Crippen LogP contribution in [0.4, 0.5) is 0 Å². The number of aryl methyl sites for hydroxylation is 2. The standard InChI is InChI=1S/C26H26/c1-17-22-10-5-6-11-23(22)18(2)26-24(17)12-7-13-25(26)21-15-14-19-8-3-4-9-20(19)16-21/h3-4,7,9-13,16,19H,5-6,8,14-15H2,1-2H3. The Hall–Kier alpha value is -2.34. The third-order valence-electron chi connectivity index (χ3n) is 6.57. The molecule has 1 unspecified atom stereocenters. The summed E-state index contributed by atoms with van der Waals surface area (Å²) in [6.07, 6.45) is 20.3. The van der Waals surface area contributed by atoms with Crippen LogP contribution in [0.5, 0.6) is 0 Å². The topological polar surface area (TPSA) is 0 Å². The molecular weight excluding hydrogens is 312 g/mol. The second-order valence-corrected chi connectivity index (χ2v) is 8.03. The first kappa shape index (κ1) is 15.9. The van der Waals surface area contributed by atoms with Crippen LogP contribution in [0.1, 0.15) is 48.8 Å². The monoisotopic (exact) mass is 338 g/mol. The van der Waals surface area contributed by atoms with E-state index in [0.29, 0.717) is 0 Å². The van der Waals surface area contributed by atoms with Crippen LogP contribution in [0.15, 0.2) is 48.1 Å². The van der Waals surface area contributed by atoms with Crippen molar-refractivity contribution >= 4 is 28.5 Å². The molecule has 3 aliphatic carbocycles. The van der Waals surface area contributed by atoms with Crippen LogP contribution in [0.3, 0.4) is 0 Å². The van der Waals surface area contributed by atoms with Crippen LogP contribution in [-0.2, 0) is 0 Å². The van der Waals surface area contributed by atoms with Crippen LogP contribution >= 0.6 is 0 Å². The zero-order valence-electron chi connectivity index (χ0n) is 15.8. The van der Waals surface area contributed by atoms with Gasteiger partial charge in [0.15, 0.2) is 0 Å². The summed E-state index contributed by atoms with van der Waals surface area (Å²) in [4.78, 5) is 0. The number of hydrogen-bond donors (Lipinski definition) is 0. The normalized spacial score (nSPS) is 21.2. The summed E-state index contributed by atoms with van der Waals surface area (Å²) in [5.41, 5.74) is 7.42. The first-order valence-corrected chi connectivity index (χ1v) is 10.0. The second kappa shape index (κ2) is 6.13. The molecule has 0 bridgehead atoms. The summed E-state index contributed by atoms with van der Waals surface area (Å²) in [5.74, 6) is 0.734. The van der Waals surface area contributed by atoms with Gasteiger partial charge in [0.05, 0.1) is 0 Å². The third kappa shape index (κ3) is 2.35. The van der Waals surface area contributed by atoms with E-state index in [4.69, 9.17) is 0 Å². The van der Waals surface area contributed by atoms with Crippen LogP contribution < -0.4 is 10.4 Å². The molecule has 0 saturated carbocycles. The van der Waals surface area contributed by atoms with E-state index in [9.17, 15) is 0 Å². The maximum atomic E-state index is 2.48. The minimum absolute atomic E-state index is 0.734. The Bertz CT molecular complexity index is 1120. The summed E-state index contributed by atoms with van der Waals surface area (Å²) >= 11 is 0. The predicted octanol–water partition coefficient (Wildman–Crippen LogP) is 5.49. The molecular formula is C26H26. The molecule has 0 N–H and O–H groups in total. The lowest BCUT2D eigenvalue weighted by molar-refractivity contribution is 0.572. The molecule has 26 heavy (non-hydrogen) atoms. The van der Waals surface area contributed by atoms with Crippen molar-refractivity contribution in [3.8, 4) is 0 Å². The van der Waals surface area contributed by atoms with E-state index in [0.717, 1.165) is 5.92 Å². The molecule has 130 valence electrons. The van der Waals surface area contributed by atoms with E-state index >= 15 is 0 Å². The molecule has 1 atom stereocenters. The number of rotatable bonds is 1. The van der Waals surface area contributed by atoms with Gasteiger partial charge < -0.3 is 0 Å². The first-order valence-electron chi connectivity index (χ1n) is 10.0. The molecule has 3 aliphatic rings. The number of hydrogen-bond acceptors (Lipinski definition) is 0. The largest absolute Gasteiger partial charge is 0.0839 e. The van der Waals surface area contributed by atoms with Crippen LogP contribution in [-0.4, -0.2) is 0 Å². The highest BCUT2D eigenvalue weighted by atomic mass is 14.3. The molecule has 2 aromatic rings. The molecule has 2 aromatic carbocycles. The highest BCUT2D eigenvalue weighted by Gasteiger charge is 2.22. The minimum Gasteiger partial charge on any atom is -0.0839 e. The van der Waals surface area contributed by atoms with Crippen molar-refractivity contribution in [1.29, 1.82) is 0 Å². The van der Waals surface area contributed by atoms with Crippen LogP contribution in [0.2, 0.25) is 0 Å². The Morgan fingerprint density at radius 1 is 0.962 bits per heavy atom. The van der Waals surface area contributed by atoms with Gasteiger partial charge in [-0.2, -0.15) is 0 Å². The quantitative estimate of drug-likeness (QED) is 0.645. The lowest BCUT2D eigenvalue weighted by Gasteiger charge is -2.27. The fourth-order valence-corrected chi connectivity index (χ4v) is 5.16. The number of fused-ring (bicyclic) bond motifs is 3. The Labute approximate surface area is 155 Å². The van der Waals surface area contributed by atoms with E-state index in [1.165, 1.54) is 81.2 Å². The van der Waals surface area contributed by atoms with E-state index in [1.54, 1.807) is 0 Å². The Balaban J connectivity index is 1.81. The van der Waals surface area contributed by atoms with Crippen molar-refractivity contribution in [2.45, 2.75) is 46.0 Å². The SMILES string of the molecule is Cc1c2c(c(C)c3c(C4=CC5=CC=CCC5CC4)cccc13)=CCCC=2. The van der Waals surface area contributed by atoms with E-state index in [1.807, 2.05) is 0 Å². The Kier molecular flexibility index (Phi) is 3.74. The molecule has 0 aliphatic heterocycles. The Morgan fingerprint density at radius 3 is 2.62 bits per heavy atom. The van der Waals surface area contributed by atoms with E-state index < -0.39 is 0 Å². The van der Waals surface area contributed by atoms with Crippen LogP contribution in [0, 0.1) is 19.8 Å². The minimum atomic E-state index is 0.734. The van der Waals surface area contributed by atoms with Gasteiger partial charge in [0.1, 0.15) is 0 Å². The van der Waals surface area contributed by atoms with Crippen molar-refractivity contribution in [3.05, 3.63) is 75.2 Å². The maximum Gasteiger partial charge on any atom is -0.00704 e. The van der Waals surface area contributed by atoms with Gasteiger partial charge in [-0.25, -0.2) is 0 Å². The molecule has 0 amide bonds. The van der Waals surface area contributed by atoms with E-state index in [-0.39, 0.29) is 0 Å². The lowest BCUT2D eigenvalue weighted by Crippen LogP contribution is -2.32. The van der Waals surface area contributed by atoms with Gasteiger partial charge >= 0.3 is 0 Å². The molecule has 0 spiro atoms. The fraction of sp³-hybridized carbons (Fsp3) is 0.308. The van der Waals surface area contributed by atoms with Crippen molar-refractivity contribution in [2.24, 2.45) is 5.92 Å². The average molecular weight is 338 g/mol. The molecule has 0 fully saturated rings. The summed E-state index contributed by atoms with van der Waals surface area (Å²) < 4.78 is 0. The summed E-state index contributed by atoms with van der Waals surface area (Å²) in [7, 11) is 0. The molecule has 0 aromatic heterocycles. The van der Waals surface area contributed by atoms with Gasteiger partial charge in [0.2, 0.25) is 0 Å². The van der Waals surface area contributed by atoms with E-state index in [2.05, 4.69) is 68.5 Å². The number of benzene rings is 2. The third-order valence-corrected chi connectivity index (χ3v) is 6.57. The summed E-state index contributed by atoms with van der Waals surface area (Å²) in [5, 5.41) is 5.86. The molecule has 0 nitrogen and oxygen atoms in total. The van der Waals surface area contributed by atoms with Gasteiger partial charge in [0, 0.05) is 0 Å². The highest BCUT2D eigenvalue weighted by molar-refractivity contribution is 5.98. The molecule has 0 heteroatoms. The van der Waals surface area contributed by atoms with Crippen LogP contribution in [0.25, 0.3) is 28.5 Å². The molecule has 0 heterocycles. The molecule has 0 saturated heterocycles. The predicted molar refractivity (Wildman–Crippen MR) is 113 cm³/mol. The van der Waals surface area contributed by atoms with Gasteiger partial charge in [-0.3, -0.25) is 0 Å². The molecule has 5 rings (SSSR count). The van der Waals surface area contributed by atoms with Gasteiger partial charge in [0.25, 0.3) is 0 Å². The maximum absolute atomic E-state index is 2.48. The van der Waals surface area contributed by atoms with Gasteiger partial charge in [-0.05, 0) is 101 Å². The summed E-state index contributed by atoms with van der Waals surface area (Å²) in [6, 6.07) is 6.92. The lowest BCUT2D eigenvalue weighted by atomic mass is 9.78. The smallest absolute Gasteiger partial charge is 0.00704 e. The van der Waals surface area contributed by atoms with Gasteiger partial charge in [-0.15, -0.1) is 0 Å². The van der Waals surface area contributed by atoms with Crippen molar-refractivity contribution < 1.29 is 0 Å². The average Bonchev–Trinajstić information content (AvgIpc) is 2.71. The number of allylic oxidation sites excluding steroid dienone is 6. The zero-order chi connectivity index (χ0) is 17.7.